The molecule has 2 aromatic heterocycles. The van der Waals surface area contributed by atoms with Gasteiger partial charge in [0.25, 0.3) is 0 Å². The second kappa shape index (κ2) is 6.58. The molecule has 5 heteroatoms. The Bertz CT molecular complexity index is 924. The highest BCUT2D eigenvalue weighted by Gasteiger charge is 2.30. The minimum atomic E-state index is 0.255. The molecule has 4 rings (SSSR count). The zero-order valence-electron chi connectivity index (χ0n) is 14.0. The molecule has 1 aliphatic rings. The average Bonchev–Trinajstić information content (AvgIpc) is 3.28. The third-order valence-corrected chi connectivity index (χ3v) is 6.33. The van der Waals surface area contributed by atoms with Crippen molar-refractivity contribution >= 4 is 28.7 Å². The van der Waals surface area contributed by atoms with Gasteiger partial charge in [-0.3, -0.25) is 5.41 Å². The molecule has 0 fully saturated rings. The normalized spacial score (nSPS) is 16.5. The molecule has 126 valence electrons. The number of hydrogen-bond donors (Lipinski definition) is 1. The van der Waals surface area contributed by atoms with Crippen LogP contribution in [0.1, 0.15) is 26.8 Å². The summed E-state index contributed by atoms with van der Waals surface area (Å²) in [6.07, 6.45) is 3.58. The van der Waals surface area contributed by atoms with Crippen molar-refractivity contribution in [2.75, 3.05) is 6.54 Å². The van der Waals surface area contributed by atoms with Gasteiger partial charge in [0.2, 0.25) is 0 Å². The quantitative estimate of drug-likeness (QED) is 0.506. The molecule has 3 heterocycles. The number of aromatic nitrogens is 1. The van der Waals surface area contributed by atoms with Crippen LogP contribution in [0.2, 0.25) is 0 Å². The number of fused-ring (bicyclic) bond motifs is 1. The lowest BCUT2D eigenvalue weighted by molar-refractivity contribution is 0.375. The number of hydrogen-bond acceptors (Lipinski definition) is 4. The van der Waals surface area contributed by atoms with Crippen molar-refractivity contribution in [3.63, 3.8) is 0 Å². The Morgan fingerprint density at radius 1 is 1.36 bits per heavy atom. The van der Waals surface area contributed by atoms with E-state index in [2.05, 4.69) is 58.5 Å². The molecule has 1 atom stereocenters. The van der Waals surface area contributed by atoms with Gasteiger partial charge in [-0.1, -0.05) is 30.8 Å². The SMILES string of the molecule is C=CC(=N)N1Cc2sc(C)cc2[C@@H](c2ccccc2-c2cnsc2)C1. The van der Waals surface area contributed by atoms with Gasteiger partial charge in [0.15, 0.2) is 0 Å². The lowest BCUT2D eigenvalue weighted by Crippen LogP contribution is -2.36. The summed E-state index contributed by atoms with van der Waals surface area (Å²) in [5, 5.41) is 10.3. The predicted octanol–water partition coefficient (Wildman–Crippen LogP) is 5.29. The molecule has 3 nitrogen and oxygen atoms in total. The molecule has 25 heavy (non-hydrogen) atoms. The van der Waals surface area contributed by atoms with Gasteiger partial charge in [-0.2, -0.15) is 0 Å². The van der Waals surface area contributed by atoms with E-state index in [0.29, 0.717) is 5.84 Å². The highest BCUT2D eigenvalue weighted by Crippen LogP contribution is 2.41. The molecule has 0 bridgehead atoms. The molecule has 0 unspecified atom stereocenters. The van der Waals surface area contributed by atoms with Crippen LogP contribution in [0.15, 0.2) is 54.6 Å². The molecule has 0 amide bonds. The van der Waals surface area contributed by atoms with E-state index in [1.54, 1.807) is 6.08 Å². The lowest BCUT2D eigenvalue weighted by atomic mass is 9.84. The molecule has 3 aromatic rings. The fourth-order valence-corrected chi connectivity index (χ4v) is 5.19. The largest absolute Gasteiger partial charge is 0.351 e. The van der Waals surface area contributed by atoms with Crippen molar-refractivity contribution in [3.8, 4) is 11.1 Å². The van der Waals surface area contributed by atoms with Crippen molar-refractivity contribution in [3.05, 3.63) is 75.4 Å². The van der Waals surface area contributed by atoms with Crippen LogP contribution < -0.4 is 0 Å². The summed E-state index contributed by atoms with van der Waals surface area (Å²) in [5.74, 6) is 0.751. The Morgan fingerprint density at radius 3 is 2.96 bits per heavy atom. The Kier molecular flexibility index (Phi) is 4.27. The zero-order valence-corrected chi connectivity index (χ0v) is 15.7. The first kappa shape index (κ1) is 16.2. The monoisotopic (exact) mass is 365 g/mol. The minimum absolute atomic E-state index is 0.255. The van der Waals surface area contributed by atoms with Crippen molar-refractivity contribution in [2.24, 2.45) is 0 Å². The number of aryl methyl sites for hydroxylation is 1. The number of rotatable bonds is 3. The lowest BCUT2D eigenvalue weighted by Gasteiger charge is -2.34. The van der Waals surface area contributed by atoms with Crippen LogP contribution in [0.4, 0.5) is 0 Å². The van der Waals surface area contributed by atoms with Gasteiger partial charge in [-0.05, 0) is 47.3 Å². The van der Waals surface area contributed by atoms with Crippen LogP contribution >= 0.6 is 22.9 Å². The smallest absolute Gasteiger partial charge is 0.120 e. The molecular weight excluding hydrogens is 346 g/mol. The van der Waals surface area contributed by atoms with Crippen LogP contribution in [0.25, 0.3) is 11.1 Å². The zero-order chi connectivity index (χ0) is 17.4. The number of benzene rings is 1. The molecule has 1 N–H and O–H groups in total. The van der Waals surface area contributed by atoms with Gasteiger partial charge in [-0.25, -0.2) is 4.37 Å². The van der Waals surface area contributed by atoms with E-state index in [1.165, 1.54) is 43.5 Å². The maximum atomic E-state index is 8.23. The summed E-state index contributed by atoms with van der Waals surface area (Å²) in [7, 11) is 0. The van der Waals surface area contributed by atoms with E-state index in [1.807, 2.05) is 17.5 Å². The van der Waals surface area contributed by atoms with Crippen molar-refractivity contribution in [1.82, 2.24) is 9.27 Å². The first-order valence-corrected chi connectivity index (χ1v) is 9.86. The van der Waals surface area contributed by atoms with Crippen LogP contribution in [0.3, 0.4) is 0 Å². The van der Waals surface area contributed by atoms with Gasteiger partial charge in [0, 0.05) is 39.4 Å². The molecule has 0 aliphatic carbocycles. The maximum absolute atomic E-state index is 8.23. The third kappa shape index (κ3) is 2.94. The Morgan fingerprint density at radius 2 is 2.20 bits per heavy atom. The van der Waals surface area contributed by atoms with Crippen LogP contribution in [0.5, 0.6) is 0 Å². The second-order valence-corrected chi connectivity index (χ2v) is 8.26. The van der Waals surface area contributed by atoms with Gasteiger partial charge < -0.3 is 4.90 Å². The fraction of sp³-hybridized carbons (Fsp3) is 0.200. The van der Waals surface area contributed by atoms with Crippen LogP contribution in [-0.2, 0) is 6.54 Å². The standard InChI is InChI=1S/C20H19N3S2/c1-3-20(21)23-10-18(17-8-13(2)25-19(17)11-23)16-7-5-4-6-15(16)14-9-22-24-12-14/h3-9,12,18,21H,1,10-11H2,2H3/t18-/m1/s1. The van der Waals surface area contributed by atoms with Crippen molar-refractivity contribution in [2.45, 2.75) is 19.4 Å². The third-order valence-electron chi connectivity index (χ3n) is 4.69. The molecule has 0 saturated carbocycles. The first-order chi connectivity index (χ1) is 12.2. The van der Waals surface area contributed by atoms with E-state index in [-0.39, 0.29) is 5.92 Å². The topological polar surface area (TPSA) is 40.0 Å². The molecule has 0 saturated heterocycles. The average molecular weight is 366 g/mol. The van der Waals surface area contributed by atoms with Gasteiger partial charge in [0.1, 0.15) is 5.84 Å². The van der Waals surface area contributed by atoms with E-state index in [9.17, 15) is 0 Å². The molecule has 1 aromatic carbocycles. The van der Waals surface area contributed by atoms with E-state index in [4.69, 9.17) is 5.41 Å². The highest BCUT2D eigenvalue weighted by molar-refractivity contribution is 7.12. The molecule has 1 aliphatic heterocycles. The maximum Gasteiger partial charge on any atom is 0.120 e. The van der Waals surface area contributed by atoms with Gasteiger partial charge in [0.05, 0.1) is 6.54 Å². The summed E-state index contributed by atoms with van der Waals surface area (Å²) in [6.45, 7) is 7.56. The molecule has 0 radical (unpaired) electrons. The highest BCUT2D eigenvalue weighted by atomic mass is 32.1. The Balaban J connectivity index is 1.84. The van der Waals surface area contributed by atoms with Crippen molar-refractivity contribution < 1.29 is 0 Å². The van der Waals surface area contributed by atoms with E-state index in [0.717, 1.165) is 13.1 Å². The fourth-order valence-electron chi connectivity index (χ4n) is 3.54. The summed E-state index contributed by atoms with van der Waals surface area (Å²) in [4.78, 5) is 4.81. The van der Waals surface area contributed by atoms with Crippen LogP contribution in [-0.4, -0.2) is 21.7 Å². The van der Waals surface area contributed by atoms with Gasteiger partial charge >= 0.3 is 0 Å². The summed E-state index contributed by atoms with van der Waals surface area (Å²) in [5.41, 5.74) is 5.13. The van der Waals surface area contributed by atoms with Crippen molar-refractivity contribution in [1.29, 1.82) is 5.41 Å². The number of amidine groups is 1. The molecular formula is C20H19N3S2. The Labute approximate surface area is 155 Å². The van der Waals surface area contributed by atoms with E-state index < -0.39 is 0 Å². The summed E-state index contributed by atoms with van der Waals surface area (Å²) < 4.78 is 4.28. The number of thiophene rings is 1. The van der Waals surface area contributed by atoms with Gasteiger partial charge in [-0.15, -0.1) is 11.3 Å². The first-order valence-electron chi connectivity index (χ1n) is 8.21. The van der Waals surface area contributed by atoms with E-state index >= 15 is 0 Å². The summed E-state index contributed by atoms with van der Waals surface area (Å²) in [6, 6.07) is 10.9. The predicted molar refractivity (Wildman–Crippen MR) is 107 cm³/mol. The summed E-state index contributed by atoms with van der Waals surface area (Å²) >= 11 is 3.32. The second-order valence-electron chi connectivity index (χ2n) is 6.26. The Hall–Kier alpha value is -2.24. The molecule has 0 spiro atoms. The van der Waals surface area contributed by atoms with Crippen LogP contribution in [0, 0.1) is 12.3 Å². The number of nitrogens with one attached hydrogen (secondary N) is 1. The minimum Gasteiger partial charge on any atom is -0.351 e. The number of nitrogens with zero attached hydrogens (tertiary/aromatic N) is 2.